The summed E-state index contributed by atoms with van der Waals surface area (Å²) in [7, 11) is 0. The van der Waals surface area contributed by atoms with Gasteiger partial charge in [0.1, 0.15) is 5.75 Å². The van der Waals surface area contributed by atoms with Crippen LogP contribution in [0, 0.1) is 5.92 Å². The maximum atomic E-state index is 11.8. The molecule has 0 heterocycles. The normalized spacial score (nSPS) is 20.4. The number of nitrogens with one attached hydrogen (secondary N) is 2. The first-order valence-corrected chi connectivity index (χ1v) is 7.87. The highest BCUT2D eigenvalue weighted by Gasteiger charge is 2.23. The van der Waals surface area contributed by atoms with E-state index in [1.807, 2.05) is 0 Å². The molecular formula is C17H22N2O4. The van der Waals surface area contributed by atoms with E-state index in [4.69, 9.17) is 4.74 Å². The van der Waals surface area contributed by atoms with Gasteiger partial charge in [0.15, 0.2) is 12.9 Å². The van der Waals surface area contributed by atoms with Crippen molar-refractivity contribution in [3.8, 4) is 5.75 Å². The molecule has 1 aliphatic carbocycles. The molecule has 0 unspecified atom stereocenters. The maximum absolute atomic E-state index is 11.8. The summed E-state index contributed by atoms with van der Waals surface area (Å²) in [5.41, 5.74) is 0.362. The Balaban J connectivity index is 1.77. The fourth-order valence-electron chi connectivity index (χ4n) is 2.75. The van der Waals surface area contributed by atoms with Gasteiger partial charge in [-0.15, -0.1) is 0 Å². The van der Waals surface area contributed by atoms with Gasteiger partial charge in [-0.25, -0.2) is 4.79 Å². The summed E-state index contributed by atoms with van der Waals surface area (Å²) in [6, 6.07) is 6.21. The molecule has 6 heteroatoms. The third-order valence-electron chi connectivity index (χ3n) is 4.09. The van der Waals surface area contributed by atoms with E-state index in [1.54, 1.807) is 24.3 Å². The smallest absolute Gasteiger partial charge is 0.321 e. The van der Waals surface area contributed by atoms with E-state index in [0.717, 1.165) is 19.3 Å². The van der Waals surface area contributed by atoms with Crippen molar-refractivity contribution in [2.24, 2.45) is 5.92 Å². The number of carbonyl (C=O) groups excluding carboxylic acids is 3. The molecule has 1 aliphatic rings. The van der Waals surface area contributed by atoms with Crippen molar-refractivity contribution in [2.75, 3.05) is 6.61 Å². The SMILES string of the molecule is C[C@@H]1CCCC[C@@H]1NC(=O)NC(=O)COc1ccccc1C=O. The largest absolute Gasteiger partial charge is 0.483 e. The average Bonchev–Trinajstić information content (AvgIpc) is 2.55. The van der Waals surface area contributed by atoms with Gasteiger partial charge in [-0.1, -0.05) is 31.9 Å². The first-order chi connectivity index (χ1) is 11.1. The highest BCUT2D eigenvalue weighted by Crippen LogP contribution is 2.23. The molecule has 0 aromatic heterocycles. The number of para-hydroxylation sites is 1. The average molecular weight is 318 g/mol. The van der Waals surface area contributed by atoms with E-state index < -0.39 is 11.9 Å². The highest BCUT2D eigenvalue weighted by atomic mass is 16.5. The van der Waals surface area contributed by atoms with Crippen molar-refractivity contribution >= 4 is 18.2 Å². The standard InChI is InChI=1S/C17H22N2O4/c1-12-6-2-4-8-14(12)18-17(22)19-16(21)11-23-15-9-5-3-7-13(15)10-20/h3,5,7,9-10,12,14H,2,4,6,8,11H2,1H3,(H2,18,19,21,22)/t12-,14+/m1/s1. The lowest BCUT2D eigenvalue weighted by atomic mass is 9.86. The maximum Gasteiger partial charge on any atom is 0.321 e. The van der Waals surface area contributed by atoms with Gasteiger partial charge in [-0.05, 0) is 30.9 Å². The van der Waals surface area contributed by atoms with Gasteiger partial charge in [0.05, 0.1) is 5.56 Å². The van der Waals surface area contributed by atoms with Crippen LogP contribution in [0.25, 0.3) is 0 Å². The van der Waals surface area contributed by atoms with E-state index in [0.29, 0.717) is 23.5 Å². The molecule has 0 saturated heterocycles. The number of benzene rings is 1. The minimum Gasteiger partial charge on any atom is -0.483 e. The zero-order chi connectivity index (χ0) is 16.7. The predicted octanol–water partition coefficient (Wildman–Crippen LogP) is 2.28. The zero-order valence-corrected chi connectivity index (χ0v) is 13.2. The van der Waals surface area contributed by atoms with Crippen LogP contribution in [-0.4, -0.2) is 30.9 Å². The molecule has 2 N–H and O–H groups in total. The van der Waals surface area contributed by atoms with Gasteiger partial charge in [0.25, 0.3) is 5.91 Å². The van der Waals surface area contributed by atoms with E-state index in [1.165, 1.54) is 6.42 Å². The molecule has 1 aromatic rings. The topological polar surface area (TPSA) is 84.5 Å². The second-order valence-corrected chi connectivity index (χ2v) is 5.83. The van der Waals surface area contributed by atoms with Crippen molar-refractivity contribution in [2.45, 2.75) is 38.6 Å². The highest BCUT2D eigenvalue weighted by molar-refractivity contribution is 5.95. The molecule has 0 aliphatic heterocycles. The number of imide groups is 1. The Morgan fingerprint density at radius 3 is 2.74 bits per heavy atom. The molecule has 0 radical (unpaired) electrons. The van der Waals surface area contributed by atoms with Crippen LogP contribution in [0.4, 0.5) is 4.79 Å². The summed E-state index contributed by atoms with van der Waals surface area (Å²) in [5, 5.41) is 5.09. The van der Waals surface area contributed by atoms with Gasteiger partial charge >= 0.3 is 6.03 Å². The van der Waals surface area contributed by atoms with Crippen molar-refractivity contribution in [3.05, 3.63) is 29.8 Å². The van der Waals surface area contributed by atoms with Gasteiger partial charge in [-0.2, -0.15) is 0 Å². The van der Waals surface area contributed by atoms with Crippen LogP contribution in [-0.2, 0) is 4.79 Å². The number of hydrogen-bond donors (Lipinski definition) is 2. The quantitative estimate of drug-likeness (QED) is 0.816. The summed E-state index contributed by atoms with van der Waals surface area (Å²) in [6.07, 6.45) is 4.96. The van der Waals surface area contributed by atoms with Crippen LogP contribution >= 0.6 is 0 Å². The second kappa shape index (κ2) is 8.31. The van der Waals surface area contributed by atoms with Crippen LogP contribution in [0.5, 0.6) is 5.75 Å². The molecular weight excluding hydrogens is 296 g/mol. The summed E-state index contributed by atoms with van der Waals surface area (Å²) >= 11 is 0. The molecule has 0 spiro atoms. The van der Waals surface area contributed by atoms with Crippen molar-refractivity contribution < 1.29 is 19.1 Å². The molecule has 6 nitrogen and oxygen atoms in total. The van der Waals surface area contributed by atoms with Crippen LogP contribution in [0.1, 0.15) is 43.0 Å². The third kappa shape index (κ3) is 5.09. The van der Waals surface area contributed by atoms with E-state index in [2.05, 4.69) is 17.6 Å². The van der Waals surface area contributed by atoms with E-state index in [9.17, 15) is 14.4 Å². The van der Waals surface area contributed by atoms with Crippen molar-refractivity contribution in [1.29, 1.82) is 0 Å². The zero-order valence-electron chi connectivity index (χ0n) is 13.2. The lowest BCUT2D eigenvalue weighted by Gasteiger charge is -2.29. The fraction of sp³-hybridized carbons (Fsp3) is 0.471. The first kappa shape index (κ1) is 17.0. The summed E-state index contributed by atoms with van der Waals surface area (Å²) in [6.45, 7) is 1.78. The van der Waals surface area contributed by atoms with Crippen molar-refractivity contribution in [1.82, 2.24) is 10.6 Å². The summed E-state index contributed by atoms with van der Waals surface area (Å²) in [5.74, 6) is 0.186. The molecule has 2 atom stereocenters. The molecule has 3 amide bonds. The van der Waals surface area contributed by atoms with Gasteiger partial charge in [0.2, 0.25) is 0 Å². The van der Waals surface area contributed by atoms with Crippen LogP contribution in [0.2, 0.25) is 0 Å². The Bertz CT molecular complexity index is 573. The Morgan fingerprint density at radius 2 is 2.00 bits per heavy atom. The Hall–Kier alpha value is -2.37. The lowest BCUT2D eigenvalue weighted by molar-refractivity contribution is -0.122. The molecule has 23 heavy (non-hydrogen) atoms. The Morgan fingerprint density at radius 1 is 1.26 bits per heavy atom. The van der Waals surface area contributed by atoms with Crippen LogP contribution in [0.15, 0.2) is 24.3 Å². The van der Waals surface area contributed by atoms with E-state index >= 15 is 0 Å². The Kier molecular flexibility index (Phi) is 6.14. The number of hydrogen-bond acceptors (Lipinski definition) is 4. The van der Waals surface area contributed by atoms with Crippen molar-refractivity contribution in [3.63, 3.8) is 0 Å². The number of ether oxygens (including phenoxy) is 1. The number of carbonyl (C=O) groups is 3. The van der Waals surface area contributed by atoms with Crippen LogP contribution in [0.3, 0.4) is 0 Å². The lowest BCUT2D eigenvalue weighted by Crippen LogP contribution is -2.48. The number of aldehydes is 1. The molecule has 1 saturated carbocycles. The predicted molar refractivity (Wildman–Crippen MR) is 85.4 cm³/mol. The minimum atomic E-state index is -0.549. The van der Waals surface area contributed by atoms with Crippen LogP contribution < -0.4 is 15.4 Å². The first-order valence-electron chi connectivity index (χ1n) is 7.87. The summed E-state index contributed by atoms with van der Waals surface area (Å²) < 4.78 is 5.28. The van der Waals surface area contributed by atoms with E-state index in [-0.39, 0.29) is 12.6 Å². The van der Waals surface area contributed by atoms with Gasteiger partial charge < -0.3 is 10.1 Å². The van der Waals surface area contributed by atoms with Gasteiger partial charge in [-0.3, -0.25) is 14.9 Å². The molecule has 1 fully saturated rings. The fourth-order valence-corrected chi connectivity index (χ4v) is 2.75. The summed E-state index contributed by atoms with van der Waals surface area (Å²) in [4.78, 5) is 34.5. The number of amides is 3. The number of urea groups is 1. The minimum absolute atomic E-state index is 0.105. The Labute approximate surface area is 135 Å². The third-order valence-corrected chi connectivity index (χ3v) is 4.09. The molecule has 124 valence electrons. The molecule has 0 bridgehead atoms. The number of rotatable bonds is 5. The van der Waals surface area contributed by atoms with Gasteiger partial charge in [0, 0.05) is 6.04 Å². The second-order valence-electron chi connectivity index (χ2n) is 5.83. The molecule has 2 rings (SSSR count). The monoisotopic (exact) mass is 318 g/mol. The molecule has 1 aromatic carbocycles.